The first-order valence-corrected chi connectivity index (χ1v) is 5.74. The van der Waals surface area contributed by atoms with Gasteiger partial charge in [-0.05, 0) is 19.8 Å². The van der Waals surface area contributed by atoms with Crippen LogP contribution in [0, 0.1) is 0 Å². The Morgan fingerprint density at radius 1 is 1.50 bits per heavy atom. The molecule has 5 heteroatoms. The zero-order valence-electron chi connectivity index (χ0n) is 10.5. The lowest BCUT2D eigenvalue weighted by atomic mass is 10.1. The van der Waals surface area contributed by atoms with Crippen molar-refractivity contribution in [2.24, 2.45) is 5.73 Å². The standard InChI is InChI=1S/C11H24N2O3/c1-4-9(2)13(7-8-16-3)6-5-10(12)11(14)15/h9-10H,4-8,12H2,1-3H3,(H,14,15). The van der Waals surface area contributed by atoms with Crippen LogP contribution in [0.25, 0.3) is 0 Å². The summed E-state index contributed by atoms with van der Waals surface area (Å²) >= 11 is 0. The van der Waals surface area contributed by atoms with Gasteiger partial charge < -0.3 is 15.6 Å². The molecule has 3 N–H and O–H groups in total. The number of carbonyl (C=O) groups is 1. The molecule has 0 aromatic carbocycles. The van der Waals surface area contributed by atoms with Crippen molar-refractivity contribution in [2.75, 3.05) is 26.8 Å². The van der Waals surface area contributed by atoms with Crippen LogP contribution in [0.5, 0.6) is 0 Å². The molecule has 0 saturated heterocycles. The third-order valence-electron chi connectivity index (χ3n) is 2.84. The summed E-state index contributed by atoms with van der Waals surface area (Å²) in [6, 6.07) is -0.342. The van der Waals surface area contributed by atoms with Crippen LogP contribution >= 0.6 is 0 Å². The zero-order chi connectivity index (χ0) is 12.6. The predicted molar refractivity (Wildman–Crippen MR) is 63.4 cm³/mol. The molecule has 0 amide bonds. The second-order valence-electron chi connectivity index (χ2n) is 4.02. The van der Waals surface area contributed by atoms with E-state index in [0.29, 0.717) is 25.6 Å². The van der Waals surface area contributed by atoms with Gasteiger partial charge in [0, 0.05) is 26.2 Å². The van der Waals surface area contributed by atoms with E-state index in [1.54, 1.807) is 7.11 Å². The molecule has 5 nitrogen and oxygen atoms in total. The summed E-state index contributed by atoms with van der Waals surface area (Å²) in [5, 5.41) is 8.70. The van der Waals surface area contributed by atoms with Crippen LogP contribution in [0.2, 0.25) is 0 Å². The second-order valence-corrected chi connectivity index (χ2v) is 4.02. The predicted octanol–water partition coefficient (Wildman–Crippen LogP) is 0.535. The van der Waals surface area contributed by atoms with Crippen molar-refractivity contribution < 1.29 is 14.6 Å². The summed E-state index contributed by atoms with van der Waals surface area (Å²) < 4.78 is 5.03. The van der Waals surface area contributed by atoms with Crippen LogP contribution in [-0.2, 0) is 9.53 Å². The summed E-state index contributed by atoms with van der Waals surface area (Å²) in [5.74, 6) is -0.934. The van der Waals surface area contributed by atoms with E-state index < -0.39 is 12.0 Å². The highest BCUT2D eigenvalue weighted by Crippen LogP contribution is 2.05. The maximum absolute atomic E-state index is 10.6. The van der Waals surface area contributed by atoms with E-state index in [4.69, 9.17) is 15.6 Å². The second kappa shape index (κ2) is 8.50. The molecule has 96 valence electrons. The highest BCUT2D eigenvalue weighted by atomic mass is 16.5. The fourth-order valence-corrected chi connectivity index (χ4v) is 1.45. The monoisotopic (exact) mass is 232 g/mol. The van der Waals surface area contributed by atoms with E-state index >= 15 is 0 Å². The molecule has 0 aromatic heterocycles. The number of carboxylic acids is 1. The molecule has 0 aliphatic heterocycles. The molecule has 0 saturated carbocycles. The fourth-order valence-electron chi connectivity index (χ4n) is 1.45. The first-order chi connectivity index (χ1) is 7.52. The first kappa shape index (κ1) is 15.3. The van der Waals surface area contributed by atoms with Gasteiger partial charge in [-0.3, -0.25) is 9.69 Å². The fraction of sp³-hybridized carbons (Fsp3) is 0.909. The lowest BCUT2D eigenvalue weighted by Gasteiger charge is -2.28. The van der Waals surface area contributed by atoms with Gasteiger partial charge in [-0.2, -0.15) is 0 Å². The number of nitrogens with zero attached hydrogens (tertiary/aromatic N) is 1. The normalized spacial score (nSPS) is 15.1. The van der Waals surface area contributed by atoms with Crippen LogP contribution in [0.3, 0.4) is 0 Å². The van der Waals surface area contributed by atoms with E-state index in [2.05, 4.69) is 18.7 Å². The summed E-state index contributed by atoms with van der Waals surface area (Å²) in [7, 11) is 1.66. The SMILES string of the molecule is CCC(C)N(CCOC)CCC(N)C(=O)O. The molecule has 0 spiro atoms. The Bertz CT molecular complexity index is 200. The van der Waals surface area contributed by atoms with Gasteiger partial charge in [0.2, 0.25) is 0 Å². The van der Waals surface area contributed by atoms with Gasteiger partial charge in [-0.1, -0.05) is 6.92 Å². The van der Waals surface area contributed by atoms with Crippen molar-refractivity contribution in [3.63, 3.8) is 0 Å². The van der Waals surface area contributed by atoms with Crippen molar-refractivity contribution in [1.82, 2.24) is 4.90 Å². The zero-order valence-corrected chi connectivity index (χ0v) is 10.5. The Balaban J connectivity index is 4.05. The van der Waals surface area contributed by atoms with Crippen molar-refractivity contribution in [2.45, 2.75) is 38.8 Å². The Labute approximate surface area is 97.6 Å². The number of nitrogens with two attached hydrogens (primary N) is 1. The molecule has 0 fully saturated rings. The molecule has 16 heavy (non-hydrogen) atoms. The number of ether oxygens (including phenoxy) is 1. The minimum Gasteiger partial charge on any atom is -0.480 e. The molecule has 2 unspecified atom stereocenters. The average Bonchev–Trinajstić information content (AvgIpc) is 2.27. The number of methoxy groups -OCH3 is 1. The Hall–Kier alpha value is -0.650. The Morgan fingerprint density at radius 3 is 2.56 bits per heavy atom. The number of hydrogen-bond donors (Lipinski definition) is 2. The van der Waals surface area contributed by atoms with Crippen LogP contribution < -0.4 is 5.73 Å². The lowest BCUT2D eigenvalue weighted by Crippen LogP contribution is -2.40. The highest BCUT2D eigenvalue weighted by molar-refractivity contribution is 5.72. The van der Waals surface area contributed by atoms with E-state index in [1.165, 1.54) is 0 Å². The van der Waals surface area contributed by atoms with E-state index in [9.17, 15) is 4.79 Å². The van der Waals surface area contributed by atoms with Gasteiger partial charge in [-0.25, -0.2) is 0 Å². The largest absolute Gasteiger partial charge is 0.480 e. The van der Waals surface area contributed by atoms with Gasteiger partial charge in [0.1, 0.15) is 6.04 Å². The van der Waals surface area contributed by atoms with Crippen molar-refractivity contribution >= 4 is 5.97 Å². The molecule has 0 radical (unpaired) electrons. The smallest absolute Gasteiger partial charge is 0.320 e. The van der Waals surface area contributed by atoms with Crippen LogP contribution in [0.15, 0.2) is 0 Å². The number of carboxylic acid groups (broad SMARTS) is 1. The molecular weight excluding hydrogens is 208 g/mol. The molecule has 0 aromatic rings. The molecule has 0 heterocycles. The molecule has 0 aliphatic rings. The topological polar surface area (TPSA) is 75.8 Å². The van der Waals surface area contributed by atoms with Gasteiger partial charge in [0.25, 0.3) is 0 Å². The van der Waals surface area contributed by atoms with Gasteiger partial charge >= 0.3 is 5.97 Å². The van der Waals surface area contributed by atoms with Crippen LogP contribution in [0.1, 0.15) is 26.7 Å². The third kappa shape index (κ3) is 6.05. The van der Waals surface area contributed by atoms with Gasteiger partial charge in [0.05, 0.1) is 6.61 Å². The molecule has 0 rings (SSSR count). The van der Waals surface area contributed by atoms with Crippen LogP contribution in [0.4, 0.5) is 0 Å². The Kier molecular flexibility index (Phi) is 8.15. The first-order valence-electron chi connectivity index (χ1n) is 5.74. The summed E-state index contributed by atoms with van der Waals surface area (Å²) in [4.78, 5) is 12.8. The summed E-state index contributed by atoms with van der Waals surface area (Å²) in [6.45, 7) is 6.42. The van der Waals surface area contributed by atoms with Crippen LogP contribution in [-0.4, -0.2) is 54.9 Å². The molecule has 2 atom stereocenters. The van der Waals surface area contributed by atoms with E-state index in [1.807, 2.05) is 0 Å². The van der Waals surface area contributed by atoms with Gasteiger partial charge in [0.15, 0.2) is 0 Å². The maximum Gasteiger partial charge on any atom is 0.320 e. The van der Waals surface area contributed by atoms with Crippen molar-refractivity contribution in [3.8, 4) is 0 Å². The lowest BCUT2D eigenvalue weighted by molar-refractivity contribution is -0.138. The van der Waals surface area contributed by atoms with Crippen molar-refractivity contribution in [1.29, 1.82) is 0 Å². The van der Waals surface area contributed by atoms with Gasteiger partial charge in [-0.15, -0.1) is 0 Å². The molecule has 0 aliphatic carbocycles. The quantitative estimate of drug-likeness (QED) is 0.606. The minimum absolute atomic E-state index is 0.427. The summed E-state index contributed by atoms with van der Waals surface area (Å²) in [6.07, 6.45) is 1.51. The van der Waals surface area contributed by atoms with Crippen molar-refractivity contribution in [3.05, 3.63) is 0 Å². The number of aliphatic carboxylic acids is 1. The highest BCUT2D eigenvalue weighted by Gasteiger charge is 2.16. The molecule has 0 bridgehead atoms. The van der Waals surface area contributed by atoms with E-state index in [-0.39, 0.29) is 0 Å². The maximum atomic E-state index is 10.6. The Morgan fingerprint density at radius 2 is 2.12 bits per heavy atom. The number of hydrogen-bond acceptors (Lipinski definition) is 4. The molecular formula is C11H24N2O3. The average molecular weight is 232 g/mol. The summed E-state index contributed by atoms with van der Waals surface area (Å²) in [5.41, 5.74) is 5.48. The minimum atomic E-state index is -0.934. The number of rotatable bonds is 9. The third-order valence-corrected chi connectivity index (χ3v) is 2.84. The van der Waals surface area contributed by atoms with E-state index in [0.717, 1.165) is 13.0 Å².